The predicted molar refractivity (Wildman–Crippen MR) is 94.2 cm³/mol. The Labute approximate surface area is 142 Å². The zero-order valence-electron chi connectivity index (χ0n) is 11.8. The molecule has 2 nitrogen and oxygen atoms in total. The van der Waals surface area contributed by atoms with Gasteiger partial charge in [-0.25, -0.2) is 0 Å². The van der Waals surface area contributed by atoms with E-state index in [1.165, 1.54) is 5.56 Å². The van der Waals surface area contributed by atoms with Crippen molar-refractivity contribution in [3.05, 3.63) is 57.0 Å². The molecule has 1 aliphatic carbocycles. The van der Waals surface area contributed by atoms with Crippen LogP contribution >= 0.6 is 31.9 Å². The molecule has 2 aromatic carbocycles. The molecule has 110 valence electrons. The number of methoxy groups -OCH3 is 1. The Morgan fingerprint density at radius 3 is 2.33 bits per heavy atom. The summed E-state index contributed by atoms with van der Waals surface area (Å²) in [6.45, 7) is 0. The van der Waals surface area contributed by atoms with E-state index in [1.54, 1.807) is 7.11 Å². The van der Waals surface area contributed by atoms with Crippen LogP contribution in [-0.4, -0.2) is 13.2 Å². The van der Waals surface area contributed by atoms with Crippen molar-refractivity contribution in [1.29, 1.82) is 0 Å². The molecule has 0 unspecified atom stereocenters. The molecule has 1 saturated carbocycles. The Kier molecular flexibility index (Phi) is 4.55. The summed E-state index contributed by atoms with van der Waals surface area (Å²) in [4.78, 5) is 0. The standard InChI is InChI=1S/C17H17Br2NO/c1-21-16-8-3-2-5-13(16)11-9-12(10-11)20-17-14(18)6-4-7-15(17)19/h2-8,11-12,20H,9-10H2,1H3. The summed E-state index contributed by atoms with van der Waals surface area (Å²) >= 11 is 7.20. The van der Waals surface area contributed by atoms with Crippen LogP contribution in [0.4, 0.5) is 5.69 Å². The highest BCUT2D eigenvalue weighted by Gasteiger charge is 2.32. The average molecular weight is 411 g/mol. The lowest BCUT2D eigenvalue weighted by Gasteiger charge is -2.37. The van der Waals surface area contributed by atoms with Crippen LogP contribution in [0.1, 0.15) is 24.3 Å². The third-order valence-corrected chi connectivity index (χ3v) is 5.35. The maximum atomic E-state index is 5.46. The maximum Gasteiger partial charge on any atom is 0.122 e. The number of para-hydroxylation sites is 2. The molecule has 3 rings (SSSR count). The lowest BCUT2D eigenvalue weighted by molar-refractivity contribution is 0.349. The fraction of sp³-hybridized carbons (Fsp3) is 0.294. The molecule has 4 heteroatoms. The van der Waals surface area contributed by atoms with E-state index in [9.17, 15) is 0 Å². The van der Waals surface area contributed by atoms with Gasteiger partial charge in [-0.15, -0.1) is 0 Å². The number of rotatable bonds is 4. The zero-order chi connectivity index (χ0) is 14.8. The number of nitrogens with one attached hydrogen (secondary N) is 1. The number of anilines is 1. The molecule has 0 atom stereocenters. The van der Waals surface area contributed by atoms with E-state index in [1.807, 2.05) is 18.2 Å². The second kappa shape index (κ2) is 6.41. The minimum atomic E-state index is 0.509. The minimum absolute atomic E-state index is 0.509. The highest BCUT2D eigenvalue weighted by atomic mass is 79.9. The second-order valence-corrected chi connectivity index (χ2v) is 7.06. The number of hydrogen-bond donors (Lipinski definition) is 1. The first-order chi connectivity index (χ1) is 10.2. The summed E-state index contributed by atoms with van der Waals surface area (Å²) in [5.41, 5.74) is 2.46. The topological polar surface area (TPSA) is 21.3 Å². The van der Waals surface area contributed by atoms with Crippen molar-refractivity contribution in [2.24, 2.45) is 0 Å². The van der Waals surface area contributed by atoms with Crippen LogP contribution < -0.4 is 10.1 Å². The van der Waals surface area contributed by atoms with E-state index in [-0.39, 0.29) is 0 Å². The SMILES string of the molecule is COc1ccccc1C1CC(Nc2c(Br)cccc2Br)C1. The van der Waals surface area contributed by atoms with E-state index < -0.39 is 0 Å². The molecule has 0 aromatic heterocycles. The van der Waals surface area contributed by atoms with Crippen LogP contribution in [0, 0.1) is 0 Å². The summed E-state index contributed by atoms with van der Waals surface area (Å²) in [5.74, 6) is 1.59. The molecule has 21 heavy (non-hydrogen) atoms. The van der Waals surface area contributed by atoms with Crippen LogP contribution in [0.2, 0.25) is 0 Å². The monoisotopic (exact) mass is 409 g/mol. The molecule has 0 radical (unpaired) electrons. The van der Waals surface area contributed by atoms with Crippen molar-refractivity contribution >= 4 is 37.5 Å². The van der Waals surface area contributed by atoms with Gasteiger partial charge in [0.2, 0.25) is 0 Å². The summed E-state index contributed by atoms with van der Waals surface area (Å²) in [7, 11) is 1.74. The zero-order valence-corrected chi connectivity index (χ0v) is 14.9. The smallest absolute Gasteiger partial charge is 0.122 e. The van der Waals surface area contributed by atoms with Crippen molar-refractivity contribution in [2.45, 2.75) is 24.8 Å². The van der Waals surface area contributed by atoms with Crippen molar-refractivity contribution in [3.63, 3.8) is 0 Å². The van der Waals surface area contributed by atoms with Gasteiger partial charge in [-0.3, -0.25) is 0 Å². The normalized spacial score (nSPS) is 20.7. The van der Waals surface area contributed by atoms with Gasteiger partial charge in [-0.05, 0) is 74.4 Å². The fourth-order valence-electron chi connectivity index (χ4n) is 2.83. The predicted octanol–water partition coefficient (Wildman–Crippen LogP) is 5.58. The molecule has 1 N–H and O–H groups in total. The van der Waals surface area contributed by atoms with Crippen molar-refractivity contribution in [2.75, 3.05) is 12.4 Å². The number of benzene rings is 2. The Balaban J connectivity index is 1.66. The van der Waals surface area contributed by atoms with E-state index in [0.717, 1.165) is 33.2 Å². The first-order valence-corrected chi connectivity index (χ1v) is 8.61. The quantitative estimate of drug-likeness (QED) is 0.710. The van der Waals surface area contributed by atoms with Gasteiger partial charge in [0, 0.05) is 15.0 Å². The number of halogens is 2. The largest absolute Gasteiger partial charge is 0.496 e. The fourth-order valence-corrected chi connectivity index (χ4v) is 4.06. The lowest BCUT2D eigenvalue weighted by atomic mass is 9.75. The molecule has 1 aliphatic rings. The maximum absolute atomic E-state index is 5.46. The van der Waals surface area contributed by atoms with Gasteiger partial charge in [0.25, 0.3) is 0 Å². The minimum Gasteiger partial charge on any atom is -0.496 e. The molecule has 0 amide bonds. The number of hydrogen-bond acceptors (Lipinski definition) is 2. The van der Waals surface area contributed by atoms with Crippen LogP contribution in [-0.2, 0) is 0 Å². The van der Waals surface area contributed by atoms with E-state index in [2.05, 4.69) is 61.4 Å². The van der Waals surface area contributed by atoms with Gasteiger partial charge < -0.3 is 10.1 Å². The molecular weight excluding hydrogens is 394 g/mol. The molecule has 0 heterocycles. The Morgan fingerprint density at radius 2 is 1.67 bits per heavy atom. The third-order valence-electron chi connectivity index (χ3n) is 4.03. The second-order valence-electron chi connectivity index (χ2n) is 5.35. The van der Waals surface area contributed by atoms with Gasteiger partial charge in [0.05, 0.1) is 12.8 Å². The molecule has 0 bridgehead atoms. The van der Waals surface area contributed by atoms with E-state index >= 15 is 0 Å². The van der Waals surface area contributed by atoms with Gasteiger partial charge in [-0.1, -0.05) is 24.3 Å². The highest BCUT2D eigenvalue weighted by molar-refractivity contribution is 9.11. The van der Waals surface area contributed by atoms with Crippen molar-refractivity contribution < 1.29 is 4.74 Å². The number of ether oxygens (including phenoxy) is 1. The Morgan fingerprint density at radius 1 is 1.00 bits per heavy atom. The van der Waals surface area contributed by atoms with Crippen LogP contribution in [0.15, 0.2) is 51.4 Å². The molecule has 2 aromatic rings. The summed E-state index contributed by atoms with van der Waals surface area (Å²) in [6.07, 6.45) is 2.27. The van der Waals surface area contributed by atoms with Crippen LogP contribution in [0.3, 0.4) is 0 Å². The highest BCUT2D eigenvalue weighted by Crippen LogP contribution is 2.43. The first-order valence-electron chi connectivity index (χ1n) is 7.02. The van der Waals surface area contributed by atoms with E-state index in [0.29, 0.717) is 12.0 Å². The van der Waals surface area contributed by atoms with Crippen LogP contribution in [0.25, 0.3) is 0 Å². The van der Waals surface area contributed by atoms with Gasteiger partial charge in [-0.2, -0.15) is 0 Å². The lowest BCUT2D eigenvalue weighted by Crippen LogP contribution is -2.34. The van der Waals surface area contributed by atoms with E-state index in [4.69, 9.17) is 4.74 Å². The van der Waals surface area contributed by atoms with Crippen LogP contribution in [0.5, 0.6) is 5.75 Å². The molecule has 0 spiro atoms. The average Bonchev–Trinajstić information content (AvgIpc) is 2.45. The third kappa shape index (κ3) is 3.11. The summed E-state index contributed by atoms with van der Waals surface area (Å²) in [5, 5.41) is 3.62. The van der Waals surface area contributed by atoms with Gasteiger partial charge >= 0.3 is 0 Å². The molecule has 0 saturated heterocycles. The molecular formula is C17H17Br2NO. The van der Waals surface area contributed by atoms with Gasteiger partial charge in [0.15, 0.2) is 0 Å². The molecule has 1 fully saturated rings. The first kappa shape index (κ1) is 14.9. The summed E-state index contributed by atoms with van der Waals surface area (Å²) < 4.78 is 7.65. The Hall–Kier alpha value is -1.000. The van der Waals surface area contributed by atoms with Crippen molar-refractivity contribution in [1.82, 2.24) is 0 Å². The molecule has 0 aliphatic heterocycles. The summed E-state index contributed by atoms with van der Waals surface area (Å²) in [6, 6.07) is 15.0. The van der Waals surface area contributed by atoms with Crippen molar-refractivity contribution in [3.8, 4) is 5.75 Å². The Bertz CT molecular complexity index is 618. The van der Waals surface area contributed by atoms with Gasteiger partial charge in [0.1, 0.15) is 5.75 Å².